The van der Waals surface area contributed by atoms with Gasteiger partial charge in [0.2, 0.25) is 0 Å². The molecule has 6 heteroatoms. The Morgan fingerprint density at radius 1 is 1.19 bits per heavy atom. The van der Waals surface area contributed by atoms with Crippen molar-refractivity contribution in [1.82, 2.24) is 14.6 Å². The summed E-state index contributed by atoms with van der Waals surface area (Å²) in [6, 6.07) is 7.96. The molecule has 0 fully saturated rings. The third-order valence-electron chi connectivity index (χ3n) is 3.54. The molecule has 1 aromatic carbocycles. The minimum absolute atomic E-state index is 0.00475. The molecule has 21 heavy (non-hydrogen) atoms. The molecule has 0 aliphatic carbocycles. The predicted octanol–water partition coefficient (Wildman–Crippen LogP) is 4.64. The van der Waals surface area contributed by atoms with Gasteiger partial charge in [-0.3, -0.25) is 0 Å². The molecule has 0 bridgehead atoms. The van der Waals surface area contributed by atoms with E-state index in [0.29, 0.717) is 16.0 Å². The smallest absolute Gasteiger partial charge is 0.162 e. The van der Waals surface area contributed by atoms with E-state index in [-0.39, 0.29) is 11.7 Å². The van der Waals surface area contributed by atoms with Gasteiger partial charge in [0, 0.05) is 17.5 Å². The average Bonchev–Trinajstić information content (AvgIpc) is 2.75. The monoisotopic (exact) mass is 323 g/mol. The second kappa shape index (κ2) is 5.28. The summed E-state index contributed by atoms with van der Waals surface area (Å²) in [5.74, 6) is -0.253. The van der Waals surface area contributed by atoms with Crippen LogP contribution in [0.25, 0.3) is 5.65 Å². The molecule has 0 aliphatic rings. The number of rotatable bonds is 2. The lowest BCUT2D eigenvalue weighted by atomic mass is 9.93. The van der Waals surface area contributed by atoms with E-state index >= 15 is 0 Å². The molecule has 1 atom stereocenters. The number of hydrogen-bond donors (Lipinski definition) is 0. The van der Waals surface area contributed by atoms with Crippen molar-refractivity contribution in [2.24, 2.45) is 0 Å². The maximum atomic E-state index is 13.1. The van der Waals surface area contributed by atoms with Crippen molar-refractivity contribution in [3.8, 4) is 0 Å². The van der Waals surface area contributed by atoms with Crippen molar-refractivity contribution in [2.45, 2.75) is 19.8 Å². The van der Waals surface area contributed by atoms with Crippen LogP contribution in [0.15, 0.2) is 30.3 Å². The molecule has 2 aromatic heterocycles. The van der Waals surface area contributed by atoms with Crippen LogP contribution in [-0.4, -0.2) is 14.6 Å². The van der Waals surface area contributed by atoms with Crippen LogP contribution in [0.2, 0.25) is 10.3 Å². The van der Waals surface area contributed by atoms with Gasteiger partial charge < -0.3 is 0 Å². The molecule has 0 radical (unpaired) electrons. The molecule has 3 nitrogen and oxygen atoms in total. The molecule has 0 spiro atoms. The lowest BCUT2D eigenvalue weighted by Crippen LogP contribution is -1.99. The van der Waals surface area contributed by atoms with Crippen LogP contribution in [0.5, 0.6) is 0 Å². The number of halogens is 3. The molecule has 0 unspecified atom stereocenters. The molecule has 0 N–H and O–H groups in total. The van der Waals surface area contributed by atoms with Crippen molar-refractivity contribution < 1.29 is 4.39 Å². The van der Waals surface area contributed by atoms with Gasteiger partial charge in [0.15, 0.2) is 5.65 Å². The fourth-order valence-electron chi connectivity index (χ4n) is 2.50. The Balaban J connectivity index is 2.19. The van der Waals surface area contributed by atoms with E-state index in [2.05, 4.69) is 10.1 Å². The molecule has 3 aromatic rings. The van der Waals surface area contributed by atoms with Crippen molar-refractivity contribution in [3.05, 3.63) is 63.3 Å². The summed E-state index contributed by atoms with van der Waals surface area (Å²) in [6.45, 7) is 3.92. The first-order valence-electron chi connectivity index (χ1n) is 6.44. The highest BCUT2D eigenvalue weighted by Crippen LogP contribution is 2.31. The first-order chi connectivity index (χ1) is 9.97. The standard InChI is InChI=1S/C15H12Cl2FN3/c1-8(10-3-5-11(18)6-4-10)14-9(2)20-21-13(17)7-12(16)19-15(14)21/h3-8H,1-2H3/t8-/m1/s1. The van der Waals surface area contributed by atoms with Crippen LogP contribution in [-0.2, 0) is 0 Å². The molecular formula is C15H12Cl2FN3. The van der Waals surface area contributed by atoms with Gasteiger partial charge in [-0.1, -0.05) is 42.3 Å². The van der Waals surface area contributed by atoms with E-state index in [4.69, 9.17) is 23.2 Å². The summed E-state index contributed by atoms with van der Waals surface area (Å²) >= 11 is 12.1. The Bertz CT molecular complexity index is 812. The number of aryl methyl sites for hydroxylation is 1. The number of hydrogen-bond acceptors (Lipinski definition) is 2. The highest BCUT2D eigenvalue weighted by atomic mass is 35.5. The van der Waals surface area contributed by atoms with Gasteiger partial charge in [0.25, 0.3) is 0 Å². The molecule has 2 heterocycles. The first-order valence-corrected chi connectivity index (χ1v) is 7.19. The average molecular weight is 324 g/mol. The van der Waals surface area contributed by atoms with E-state index in [1.807, 2.05) is 13.8 Å². The minimum Gasteiger partial charge on any atom is -0.216 e. The van der Waals surface area contributed by atoms with Gasteiger partial charge in [-0.05, 0) is 24.6 Å². The van der Waals surface area contributed by atoms with Crippen LogP contribution in [0.3, 0.4) is 0 Å². The maximum absolute atomic E-state index is 13.1. The second-order valence-corrected chi connectivity index (χ2v) is 5.68. The fraction of sp³-hybridized carbons (Fsp3) is 0.200. The molecule has 0 aliphatic heterocycles. The number of benzene rings is 1. The molecule has 3 rings (SSSR count). The van der Waals surface area contributed by atoms with Crippen LogP contribution in [0.1, 0.15) is 29.7 Å². The highest BCUT2D eigenvalue weighted by Gasteiger charge is 2.20. The number of fused-ring (bicyclic) bond motifs is 1. The first kappa shape index (κ1) is 14.3. The third-order valence-corrected chi connectivity index (χ3v) is 4.00. The van der Waals surface area contributed by atoms with Crippen molar-refractivity contribution >= 4 is 28.8 Å². The summed E-state index contributed by atoms with van der Waals surface area (Å²) in [7, 11) is 0. The van der Waals surface area contributed by atoms with E-state index in [1.165, 1.54) is 12.1 Å². The number of nitrogens with zero attached hydrogens (tertiary/aromatic N) is 3. The molecular weight excluding hydrogens is 312 g/mol. The van der Waals surface area contributed by atoms with Crippen LogP contribution >= 0.6 is 23.2 Å². The third kappa shape index (κ3) is 2.49. The zero-order valence-corrected chi connectivity index (χ0v) is 13.0. The fourth-order valence-corrected chi connectivity index (χ4v) is 2.96. The van der Waals surface area contributed by atoms with E-state index in [9.17, 15) is 4.39 Å². The van der Waals surface area contributed by atoms with Crippen LogP contribution in [0, 0.1) is 12.7 Å². The molecule has 0 saturated carbocycles. The van der Waals surface area contributed by atoms with Crippen LogP contribution in [0.4, 0.5) is 4.39 Å². The normalized spacial score (nSPS) is 12.8. The summed E-state index contributed by atoms with van der Waals surface area (Å²) in [5, 5.41) is 5.13. The Morgan fingerprint density at radius 3 is 2.52 bits per heavy atom. The molecule has 108 valence electrons. The topological polar surface area (TPSA) is 30.2 Å². The molecule has 0 amide bonds. The summed E-state index contributed by atoms with van der Waals surface area (Å²) in [4.78, 5) is 4.33. The lowest BCUT2D eigenvalue weighted by molar-refractivity contribution is 0.626. The zero-order chi connectivity index (χ0) is 15.1. The van der Waals surface area contributed by atoms with Gasteiger partial charge >= 0.3 is 0 Å². The molecule has 0 saturated heterocycles. The SMILES string of the molecule is Cc1nn2c(Cl)cc(Cl)nc2c1[C@H](C)c1ccc(F)cc1. The maximum Gasteiger partial charge on any atom is 0.162 e. The van der Waals surface area contributed by atoms with E-state index in [1.54, 1.807) is 22.7 Å². The Hall–Kier alpha value is -1.65. The van der Waals surface area contributed by atoms with Gasteiger partial charge in [-0.15, -0.1) is 0 Å². The summed E-state index contributed by atoms with van der Waals surface area (Å²) in [5.41, 5.74) is 3.36. The zero-order valence-electron chi connectivity index (χ0n) is 11.4. The van der Waals surface area contributed by atoms with Gasteiger partial charge in [-0.2, -0.15) is 5.10 Å². The predicted molar refractivity (Wildman–Crippen MR) is 81.7 cm³/mol. The van der Waals surface area contributed by atoms with Crippen molar-refractivity contribution in [1.29, 1.82) is 0 Å². The minimum atomic E-state index is -0.258. The van der Waals surface area contributed by atoms with Crippen LogP contribution < -0.4 is 0 Å². The Morgan fingerprint density at radius 2 is 1.86 bits per heavy atom. The number of aromatic nitrogens is 3. The van der Waals surface area contributed by atoms with Gasteiger partial charge in [-0.25, -0.2) is 13.9 Å². The van der Waals surface area contributed by atoms with Gasteiger partial charge in [0.1, 0.15) is 16.1 Å². The second-order valence-electron chi connectivity index (χ2n) is 4.91. The summed E-state index contributed by atoms with van der Waals surface area (Å²) < 4.78 is 14.6. The quantitative estimate of drug-likeness (QED) is 0.643. The Labute approximate surface area is 131 Å². The van der Waals surface area contributed by atoms with E-state index in [0.717, 1.165) is 16.8 Å². The summed E-state index contributed by atoms with van der Waals surface area (Å²) in [6.07, 6.45) is 0. The van der Waals surface area contributed by atoms with Crippen molar-refractivity contribution in [2.75, 3.05) is 0 Å². The lowest BCUT2D eigenvalue weighted by Gasteiger charge is -2.11. The van der Waals surface area contributed by atoms with E-state index < -0.39 is 0 Å². The Kier molecular flexibility index (Phi) is 3.59. The highest BCUT2D eigenvalue weighted by molar-refractivity contribution is 6.33. The van der Waals surface area contributed by atoms with Crippen molar-refractivity contribution in [3.63, 3.8) is 0 Å². The largest absolute Gasteiger partial charge is 0.216 e. The van der Waals surface area contributed by atoms with Gasteiger partial charge in [0.05, 0.1) is 5.69 Å².